The first-order valence-electron chi connectivity index (χ1n) is 9.27. The van der Waals surface area contributed by atoms with Gasteiger partial charge in [0.05, 0.1) is 5.56 Å². The van der Waals surface area contributed by atoms with Crippen molar-refractivity contribution in [2.75, 3.05) is 38.7 Å². The van der Waals surface area contributed by atoms with Gasteiger partial charge in [0, 0.05) is 39.3 Å². The topological polar surface area (TPSA) is 39.7 Å². The molecule has 1 fully saturated rings. The van der Waals surface area contributed by atoms with Crippen LogP contribution in [0.15, 0.2) is 29.3 Å². The SMILES string of the molecule is CN=C(NCCCSC)NC1CCN(Cc2cccc(C(F)(F)F)c2)CC1.I. The summed E-state index contributed by atoms with van der Waals surface area (Å²) in [7, 11) is 1.77. The third kappa shape index (κ3) is 8.77. The monoisotopic (exact) mass is 530 g/mol. The summed E-state index contributed by atoms with van der Waals surface area (Å²) >= 11 is 1.83. The van der Waals surface area contributed by atoms with E-state index in [0.29, 0.717) is 18.2 Å². The number of guanidine groups is 1. The molecule has 2 rings (SSSR count). The average Bonchev–Trinajstić information content (AvgIpc) is 2.65. The Labute approximate surface area is 187 Å². The molecule has 1 aliphatic rings. The molecule has 0 spiro atoms. The summed E-state index contributed by atoms with van der Waals surface area (Å²) in [6.07, 6.45) is 0.804. The van der Waals surface area contributed by atoms with Gasteiger partial charge >= 0.3 is 6.18 Å². The smallest absolute Gasteiger partial charge is 0.356 e. The van der Waals surface area contributed by atoms with Crippen molar-refractivity contribution in [3.05, 3.63) is 35.4 Å². The number of hydrogen-bond donors (Lipinski definition) is 2. The second-order valence-corrected chi connectivity index (χ2v) is 7.72. The zero-order valence-corrected chi connectivity index (χ0v) is 19.5. The van der Waals surface area contributed by atoms with Gasteiger partial charge in [-0.1, -0.05) is 18.2 Å². The van der Waals surface area contributed by atoms with Gasteiger partial charge in [-0.3, -0.25) is 9.89 Å². The van der Waals surface area contributed by atoms with Crippen molar-refractivity contribution in [1.82, 2.24) is 15.5 Å². The third-order valence-corrected chi connectivity index (χ3v) is 5.33. The van der Waals surface area contributed by atoms with Crippen LogP contribution in [0.3, 0.4) is 0 Å². The van der Waals surface area contributed by atoms with Crippen molar-refractivity contribution in [2.24, 2.45) is 4.99 Å². The Bertz CT molecular complexity index is 605. The first-order chi connectivity index (χ1) is 12.9. The number of rotatable bonds is 7. The van der Waals surface area contributed by atoms with Crippen molar-refractivity contribution in [3.8, 4) is 0 Å². The molecule has 0 aromatic heterocycles. The largest absolute Gasteiger partial charge is 0.416 e. The second kappa shape index (κ2) is 12.8. The quantitative estimate of drug-likeness (QED) is 0.240. The van der Waals surface area contributed by atoms with Crippen LogP contribution in [-0.4, -0.2) is 55.6 Å². The van der Waals surface area contributed by atoms with E-state index in [1.807, 2.05) is 11.8 Å². The summed E-state index contributed by atoms with van der Waals surface area (Å²) in [5, 5.41) is 6.78. The molecule has 28 heavy (non-hydrogen) atoms. The number of benzene rings is 1. The van der Waals surface area contributed by atoms with Crippen molar-refractivity contribution in [2.45, 2.75) is 38.0 Å². The van der Waals surface area contributed by atoms with Crippen LogP contribution in [0.1, 0.15) is 30.4 Å². The molecular weight excluding hydrogens is 500 g/mol. The van der Waals surface area contributed by atoms with Crippen LogP contribution in [0.5, 0.6) is 0 Å². The van der Waals surface area contributed by atoms with E-state index in [9.17, 15) is 13.2 Å². The number of hydrogen-bond acceptors (Lipinski definition) is 3. The maximum atomic E-state index is 12.8. The second-order valence-electron chi connectivity index (χ2n) is 6.74. The van der Waals surface area contributed by atoms with Crippen LogP contribution in [0.2, 0.25) is 0 Å². The molecule has 0 radical (unpaired) electrons. The van der Waals surface area contributed by atoms with Crippen molar-refractivity contribution in [1.29, 1.82) is 0 Å². The molecule has 4 nitrogen and oxygen atoms in total. The Balaban J connectivity index is 0.00000392. The fourth-order valence-corrected chi connectivity index (χ4v) is 3.58. The van der Waals surface area contributed by atoms with Gasteiger partial charge in [-0.05, 0) is 42.9 Å². The molecule has 0 saturated carbocycles. The summed E-state index contributed by atoms with van der Waals surface area (Å²) in [5.74, 6) is 1.95. The number of aliphatic imine (C=N–C) groups is 1. The Kier molecular flexibility index (Phi) is 11.6. The lowest BCUT2D eigenvalue weighted by molar-refractivity contribution is -0.137. The predicted octanol–water partition coefficient (Wildman–Crippen LogP) is 4.21. The zero-order valence-electron chi connectivity index (χ0n) is 16.4. The molecule has 0 atom stereocenters. The summed E-state index contributed by atoms with van der Waals surface area (Å²) in [4.78, 5) is 6.48. The van der Waals surface area contributed by atoms with Gasteiger partial charge in [0.15, 0.2) is 5.96 Å². The fraction of sp³-hybridized carbons (Fsp3) is 0.632. The first-order valence-corrected chi connectivity index (χ1v) is 10.7. The summed E-state index contributed by atoms with van der Waals surface area (Å²) in [6.45, 7) is 3.17. The normalized spacial score (nSPS) is 16.5. The van der Waals surface area contributed by atoms with Gasteiger partial charge in [-0.25, -0.2) is 0 Å². The lowest BCUT2D eigenvalue weighted by Crippen LogP contribution is -2.48. The molecule has 0 unspecified atom stereocenters. The lowest BCUT2D eigenvalue weighted by atomic mass is 10.0. The highest BCUT2D eigenvalue weighted by Crippen LogP contribution is 2.30. The maximum absolute atomic E-state index is 12.8. The van der Waals surface area contributed by atoms with Gasteiger partial charge in [-0.15, -0.1) is 24.0 Å². The van der Waals surface area contributed by atoms with Gasteiger partial charge in [0.25, 0.3) is 0 Å². The van der Waals surface area contributed by atoms with E-state index in [4.69, 9.17) is 0 Å². The predicted molar refractivity (Wildman–Crippen MR) is 123 cm³/mol. The average molecular weight is 530 g/mol. The van der Waals surface area contributed by atoms with E-state index in [2.05, 4.69) is 26.8 Å². The Hall–Kier alpha value is -0.680. The fourth-order valence-electron chi connectivity index (χ4n) is 3.15. The van der Waals surface area contributed by atoms with E-state index < -0.39 is 11.7 Å². The summed E-state index contributed by atoms with van der Waals surface area (Å²) < 4.78 is 38.5. The molecule has 0 bridgehead atoms. The molecule has 160 valence electrons. The Morgan fingerprint density at radius 3 is 2.61 bits per heavy atom. The van der Waals surface area contributed by atoms with Gasteiger partial charge in [0.1, 0.15) is 0 Å². The Morgan fingerprint density at radius 1 is 1.29 bits per heavy atom. The molecule has 1 saturated heterocycles. The van der Waals surface area contributed by atoms with E-state index in [-0.39, 0.29) is 24.0 Å². The number of piperidine rings is 1. The van der Waals surface area contributed by atoms with Gasteiger partial charge < -0.3 is 10.6 Å². The van der Waals surface area contributed by atoms with E-state index in [1.165, 1.54) is 12.1 Å². The highest BCUT2D eigenvalue weighted by molar-refractivity contribution is 14.0. The molecule has 1 aromatic rings. The highest BCUT2D eigenvalue weighted by atomic mass is 127. The highest BCUT2D eigenvalue weighted by Gasteiger charge is 2.30. The maximum Gasteiger partial charge on any atom is 0.416 e. The van der Waals surface area contributed by atoms with Crippen LogP contribution < -0.4 is 10.6 Å². The van der Waals surface area contributed by atoms with E-state index in [0.717, 1.165) is 56.7 Å². The lowest BCUT2D eigenvalue weighted by Gasteiger charge is -2.33. The van der Waals surface area contributed by atoms with Crippen LogP contribution in [0.25, 0.3) is 0 Å². The number of alkyl halides is 3. The molecule has 0 aliphatic carbocycles. The van der Waals surface area contributed by atoms with Gasteiger partial charge in [0.2, 0.25) is 0 Å². The van der Waals surface area contributed by atoms with Crippen LogP contribution in [0, 0.1) is 0 Å². The standard InChI is InChI=1S/C19H29F3N4S.HI/c1-23-18(24-9-4-12-27-2)25-17-7-10-26(11-8-17)14-15-5-3-6-16(13-15)19(20,21)22;/h3,5-6,13,17H,4,7-12,14H2,1-2H3,(H2,23,24,25);1H. The minimum atomic E-state index is -4.29. The molecular formula is C19H30F3IN4S. The van der Waals surface area contributed by atoms with Crippen LogP contribution in [0.4, 0.5) is 13.2 Å². The molecule has 1 heterocycles. The number of thioether (sulfide) groups is 1. The van der Waals surface area contributed by atoms with Gasteiger partial charge in [-0.2, -0.15) is 24.9 Å². The zero-order chi connectivity index (χ0) is 19.7. The van der Waals surface area contributed by atoms with E-state index >= 15 is 0 Å². The third-order valence-electron chi connectivity index (χ3n) is 4.63. The summed E-state index contributed by atoms with van der Waals surface area (Å²) in [5.41, 5.74) is 0.135. The van der Waals surface area contributed by atoms with E-state index in [1.54, 1.807) is 13.1 Å². The van der Waals surface area contributed by atoms with Crippen molar-refractivity contribution >= 4 is 41.7 Å². The molecule has 2 N–H and O–H groups in total. The number of likely N-dealkylation sites (tertiary alicyclic amines) is 1. The summed E-state index contributed by atoms with van der Waals surface area (Å²) in [6, 6.07) is 5.97. The Morgan fingerprint density at radius 2 is 2.00 bits per heavy atom. The minimum Gasteiger partial charge on any atom is -0.356 e. The molecule has 0 amide bonds. The number of nitrogens with zero attached hydrogens (tertiary/aromatic N) is 2. The van der Waals surface area contributed by atoms with Crippen LogP contribution >= 0.6 is 35.7 Å². The van der Waals surface area contributed by atoms with Crippen LogP contribution in [-0.2, 0) is 12.7 Å². The molecule has 1 aromatic carbocycles. The molecule has 1 aliphatic heterocycles. The minimum absolute atomic E-state index is 0. The van der Waals surface area contributed by atoms with Crippen molar-refractivity contribution < 1.29 is 13.2 Å². The number of nitrogens with one attached hydrogen (secondary N) is 2. The molecule has 9 heteroatoms. The van der Waals surface area contributed by atoms with Crippen molar-refractivity contribution in [3.63, 3.8) is 0 Å². The number of halogens is 4. The first kappa shape index (κ1) is 25.4.